The van der Waals surface area contributed by atoms with Gasteiger partial charge in [-0.1, -0.05) is 44.4 Å². The topological polar surface area (TPSA) is 90.3 Å². The number of methoxy groups -OCH3 is 1. The van der Waals surface area contributed by atoms with E-state index in [1.165, 1.54) is 20.0 Å². The van der Waals surface area contributed by atoms with Gasteiger partial charge in [-0.25, -0.2) is 0 Å². The third-order valence-electron chi connectivity index (χ3n) is 6.72. The van der Waals surface area contributed by atoms with Crippen molar-refractivity contribution in [2.75, 3.05) is 13.7 Å². The van der Waals surface area contributed by atoms with E-state index in [1.807, 2.05) is 6.92 Å². The summed E-state index contributed by atoms with van der Waals surface area (Å²) in [4.78, 5) is 12.9. The summed E-state index contributed by atoms with van der Waals surface area (Å²) in [6.45, 7) is 6.33. The Morgan fingerprint density at radius 2 is 1.89 bits per heavy atom. The van der Waals surface area contributed by atoms with E-state index in [-0.39, 0.29) is 23.0 Å². The Labute approximate surface area is 223 Å². The summed E-state index contributed by atoms with van der Waals surface area (Å²) in [5, 5.41) is 7.60. The van der Waals surface area contributed by atoms with Crippen LogP contribution in [0.25, 0.3) is 11.3 Å². The molecule has 0 bridgehead atoms. The van der Waals surface area contributed by atoms with Crippen LogP contribution < -0.4 is 10.1 Å². The van der Waals surface area contributed by atoms with E-state index in [0.717, 1.165) is 25.7 Å². The average Bonchev–Trinajstić information content (AvgIpc) is 3.19. The first-order valence-electron chi connectivity index (χ1n) is 12.2. The summed E-state index contributed by atoms with van der Waals surface area (Å²) >= 11 is 5.89. The molecule has 37 heavy (non-hydrogen) atoms. The van der Waals surface area contributed by atoms with Crippen molar-refractivity contribution in [3.05, 3.63) is 34.5 Å². The Hall–Kier alpha value is -2.40. The van der Waals surface area contributed by atoms with Gasteiger partial charge in [-0.15, -0.1) is 0 Å². The number of nitrogens with one attached hydrogen (secondary N) is 1. The van der Waals surface area contributed by atoms with Gasteiger partial charge >= 0.3 is 17.7 Å². The van der Waals surface area contributed by atoms with Gasteiger partial charge in [0, 0.05) is 18.7 Å². The number of ether oxygens (including phenoxy) is 1. The molecule has 1 atom stereocenters. The minimum atomic E-state index is -4.27. The smallest absolute Gasteiger partial charge is 0.391 e. The van der Waals surface area contributed by atoms with Crippen molar-refractivity contribution < 1.29 is 31.1 Å². The minimum absolute atomic E-state index is 0.138. The van der Waals surface area contributed by atoms with Crippen LogP contribution in [0.4, 0.5) is 13.2 Å². The lowest BCUT2D eigenvalue weighted by molar-refractivity contribution is -0.169. The Morgan fingerprint density at radius 1 is 1.27 bits per heavy atom. The molecule has 1 N–H and O–H groups in total. The first-order chi connectivity index (χ1) is 17.5. The van der Waals surface area contributed by atoms with Gasteiger partial charge in [-0.05, 0) is 55.7 Å². The second kappa shape index (κ2) is 13.9. The summed E-state index contributed by atoms with van der Waals surface area (Å²) in [6.07, 6.45) is 0.115. The lowest BCUT2D eigenvalue weighted by Crippen LogP contribution is -2.31. The van der Waals surface area contributed by atoms with E-state index in [4.69, 9.17) is 24.8 Å². The maximum atomic E-state index is 13.0. The highest BCUT2D eigenvalue weighted by Crippen LogP contribution is 2.38. The summed E-state index contributed by atoms with van der Waals surface area (Å²) < 4.78 is 62.7. The summed E-state index contributed by atoms with van der Waals surface area (Å²) in [7, 11) is 1.45. The van der Waals surface area contributed by atoms with Gasteiger partial charge in [0.25, 0.3) is 5.91 Å². The van der Waals surface area contributed by atoms with Crippen LogP contribution in [0.15, 0.2) is 18.2 Å². The van der Waals surface area contributed by atoms with Gasteiger partial charge < -0.3 is 10.1 Å². The Bertz CT molecular complexity index is 1100. The van der Waals surface area contributed by atoms with Crippen LogP contribution in [0.5, 0.6) is 5.75 Å². The molecule has 3 rings (SSSR count). The van der Waals surface area contributed by atoms with Crippen molar-refractivity contribution >= 4 is 29.1 Å². The second-order valence-corrected chi connectivity index (χ2v) is 9.93. The number of amides is 1. The number of alkyl halides is 3. The molecular formula is C25H33ClF3N3O4S. The van der Waals surface area contributed by atoms with Crippen molar-refractivity contribution in [2.45, 2.75) is 65.6 Å². The van der Waals surface area contributed by atoms with Gasteiger partial charge in [-0.2, -0.15) is 26.7 Å². The normalized spacial score (nSPS) is 18.4. The highest BCUT2D eigenvalue weighted by Gasteiger charge is 2.36. The van der Waals surface area contributed by atoms with Crippen molar-refractivity contribution in [3.8, 4) is 17.0 Å². The van der Waals surface area contributed by atoms with E-state index < -0.39 is 23.7 Å². The number of hydrogen-bond acceptors (Lipinski definition) is 5. The Kier molecular flexibility index (Phi) is 11.6. The van der Waals surface area contributed by atoms with E-state index >= 15 is 0 Å². The van der Waals surface area contributed by atoms with Gasteiger partial charge in [0.2, 0.25) is 0 Å². The average molecular weight is 564 g/mol. The lowest BCUT2D eigenvalue weighted by Gasteiger charge is -2.26. The quantitative estimate of drug-likeness (QED) is 0.434. The highest BCUT2D eigenvalue weighted by atomic mass is 35.5. The zero-order valence-electron chi connectivity index (χ0n) is 21.4. The maximum absolute atomic E-state index is 13.0. The molecule has 0 saturated heterocycles. The van der Waals surface area contributed by atoms with Gasteiger partial charge in [-0.3, -0.25) is 9.48 Å². The zero-order chi connectivity index (χ0) is 27.8. The Balaban J connectivity index is 0.00000153. The molecule has 0 aliphatic heterocycles. The monoisotopic (exact) mass is 563 g/mol. The van der Waals surface area contributed by atoms with Crippen molar-refractivity contribution in [3.63, 3.8) is 0 Å². The first-order valence-corrected chi connectivity index (χ1v) is 13.2. The molecule has 1 aromatic heterocycles. The predicted octanol–water partition coefficient (Wildman–Crippen LogP) is 5.86. The lowest BCUT2D eigenvalue weighted by atomic mass is 9.83. The molecule has 2 aromatic rings. The van der Waals surface area contributed by atoms with Crippen LogP contribution in [0.3, 0.4) is 0 Å². The maximum Gasteiger partial charge on any atom is 0.391 e. The van der Waals surface area contributed by atoms with Crippen molar-refractivity contribution in [2.24, 2.45) is 17.8 Å². The fourth-order valence-corrected chi connectivity index (χ4v) is 4.78. The van der Waals surface area contributed by atoms with Gasteiger partial charge in [0.1, 0.15) is 5.75 Å². The molecule has 206 valence electrons. The molecule has 12 heteroatoms. The summed E-state index contributed by atoms with van der Waals surface area (Å²) in [5.74, 6) is -0.227. The predicted molar refractivity (Wildman–Crippen MR) is 136 cm³/mol. The standard InChI is InChI=1S/C25H33ClF3N3O2.O2S/c1-5-32-23(19-11-10-18(13-20(19)34-4)12-16(3)25(27,28)29)21(26)22(31-32)24(33)30-14-17-8-6-15(2)7-9-17;1-3-2/h10-11,13,15-17H,5-9,12,14H2,1-4H3,(H,30,33);. The number of aromatic nitrogens is 2. The molecule has 1 amide bonds. The summed E-state index contributed by atoms with van der Waals surface area (Å²) in [6, 6.07) is 4.90. The fraction of sp³-hybridized carbons (Fsp3) is 0.600. The van der Waals surface area contributed by atoms with Crippen LogP contribution in [-0.4, -0.2) is 43.9 Å². The largest absolute Gasteiger partial charge is 0.496 e. The number of halogens is 4. The zero-order valence-corrected chi connectivity index (χ0v) is 22.9. The second-order valence-electron chi connectivity index (χ2n) is 9.41. The fourth-order valence-electron chi connectivity index (χ4n) is 4.45. The molecule has 0 radical (unpaired) electrons. The van der Waals surface area contributed by atoms with E-state index in [2.05, 4.69) is 17.3 Å². The number of hydrogen-bond donors (Lipinski definition) is 1. The first kappa shape index (κ1) is 30.8. The molecule has 1 saturated carbocycles. The molecule has 1 fully saturated rings. The molecule has 1 heterocycles. The molecule has 0 spiro atoms. The molecule has 1 unspecified atom stereocenters. The molecule has 1 aromatic carbocycles. The SMILES string of the molecule is CCn1nc(C(=O)NCC2CCC(C)CC2)c(Cl)c1-c1ccc(CC(C)C(F)(F)F)cc1OC.O=S=O. The third-order valence-corrected chi connectivity index (χ3v) is 7.08. The number of carbonyl (C=O) groups is 1. The van der Waals surface area contributed by atoms with Crippen LogP contribution in [-0.2, 0) is 24.5 Å². The van der Waals surface area contributed by atoms with Crippen LogP contribution in [0.1, 0.15) is 62.5 Å². The van der Waals surface area contributed by atoms with E-state index in [9.17, 15) is 18.0 Å². The van der Waals surface area contributed by atoms with Crippen molar-refractivity contribution in [1.29, 1.82) is 0 Å². The molecule has 1 aliphatic rings. The van der Waals surface area contributed by atoms with E-state index in [1.54, 1.807) is 22.9 Å². The van der Waals surface area contributed by atoms with Gasteiger partial charge in [0.15, 0.2) is 5.69 Å². The number of benzene rings is 1. The van der Waals surface area contributed by atoms with Crippen LogP contribution in [0, 0.1) is 17.8 Å². The van der Waals surface area contributed by atoms with Crippen LogP contribution in [0.2, 0.25) is 5.02 Å². The van der Waals surface area contributed by atoms with E-state index in [0.29, 0.717) is 41.6 Å². The molecular weight excluding hydrogens is 531 g/mol. The summed E-state index contributed by atoms with van der Waals surface area (Å²) in [5.41, 5.74) is 1.72. The Morgan fingerprint density at radius 3 is 2.43 bits per heavy atom. The van der Waals surface area contributed by atoms with Gasteiger partial charge in [0.05, 0.1) is 23.7 Å². The molecule has 7 nitrogen and oxygen atoms in total. The number of nitrogens with zero attached hydrogens (tertiary/aromatic N) is 2. The number of aryl methyl sites for hydroxylation is 1. The minimum Gasteiger partial charge on any atom is -0.496 e. The molecule has 1 aliphatic carbocycles. The number of rotatable bonds is 8. The van der Waals surface area contributed by atoms with Crippen LogP contribution >= 0.6 is 11.6 Å². The third kappa shape index (κ3) is 8.29. The highest BCUT2D eigenvalue weighted by molar-refractivity contribution is 7.51. The number of carbonyl (C=O) groups excluding carboxylic acids is 1. The van der Waals surface area contributed by atoms with Crippen molar-refractivity contribution in [1.82, 2.24) is 15.1 Å².